The number of hydrogen-bond donors (Lipinski definition) is 1. The molecule has 0 fully saturated rings. The number of nitrogens with one attached hydrogen (secondary N) is 1. The summed E-state index contributed by atoms with van der Waals surface area (Å²) in [5.41, 5.74) is -0.643. The van der Waals surface area contributed by atoms with Crippen molar-refractivity contribution in [3.05, 3.63) is 0 Å². The zero-order valence-corrected chi connectivity index (χ0v) is 14.7. The molecular formula is C13H29NO3S2. The van der Waals surface area contributed by atoms with Crippen LogP contribution in [0.3, 0.4) is 0 Å². The third kappa shape index (κ3) is 14.4. The standard InChI is InChI=1S/C13H29NO3S2/c1-12(2,3)17-19(15,16)11-7-8-14-9-10-18-13(4,5)6/h14H,7-11H2,1-6H3. The van der Waals surface area contributed by atoms with E-state index in [0.29, 0.717) is 13.0 Å². The molecule has 0 aromatic carbocycles. The van der Waals surface area contributed by atoms with E-state index in [4.69, 9.17) is 4.18 Å². The van der Waals surface area contributed by atoms with E-state index in [2.05, 4.69) is 26.1 Å². The Balaban J connectivity index is 3.65. The predicted molar refractivity (Wildman–Crippen MR) is 84.3 cm³/mol. The first kappa shape index (κ1) is 19.2. The zero-order chi connectivity index (χ0) is 15.2. The monoisotopic (exact) mass is 311 g/mol. The Morgan fingerprint density at radius 2 is 1.63 bits per heavy atom. The summed E-state index contributed by atoms with van der Waals surface area (Å²) in [6.07, 6.45) is 0.582. The molecule has 4 nitrogen and oxygen atoms in total. The molecular weight excluding hydrogens is 282 g/mol. The van der Waals surface area contributed by atoms with Crippen LogP contribution in [0, 0.1) is 0 Å². The molecule has 1 N–H and O–H groups in total. The van der Waals surface area contributed by atoms with Gasteiger partial charge in [0, 0.05) is 17.0 Å². The highest BCUT2D eigenvalue weighted by Gasteiger charge is 2.21. The van der Waals surface area contributed by atoms with Gasteiger partial charge in [-0.15, -0.1) is 0 Å². The van der Waals surface area contributed by atoms with Crippen LogP contribution in [0.25, 0.3) is 0 Å². The summed E-state index contributed by atoms with van der Waals surface area (Å²) in [6, 6.07) is 0. The Labute approximate surface area is 123 Å². The van der Waals surface area contributed by atoms with Gasteiger partial charge < -0.3 is 5.32 Å². The first-order chi connectivity index (χ1) is 8.41. The van der Waals surface area contributed by atoms with Crippen molar-refractivity contribution in [3.8, 4) is 0 Å². The van der Waals surface area contributed by atoms with Crippen LogP contribution in [0.15, 0.2) is 0 Å². The topological polar surface area (TPSA) is 55.4 Å². The largest absolute Gasteiger partial charge is 0.316 e. The normalized spacial score (nSPS) is 13.8. The molecule has 0 rings (SSSR count). The van der Waals surface area contributed by atoms with Gasteiger partial charge in [-0.05, 0) is 33.7 Å². The minimum atomic E-state index is -3.40. The molecule has 0 radical (unpaired) electrons. The number of rotatable bonds is 8. The van der Waals surface area contributed by atoms with Gasteiger partial charge in [0.25, 0.3) is 10.1 Å². The molecule has 0 aliphatic carbocycles. The second-order valence-electron chi connectivity index (χ2n) is 6.52. The van der Waals surface area contributed by atoms with Gasteiger partial charge in [0.2, 0.25) is 0 Å². The molecule has 0 saturated carbocycles. The van der Waals surface area contributed by atoms with Gasteiger partial charge in [-0.2, -0.15) is 20.2 Å². The molecule has 0 spiro atoms. The van der Waals surface area contributed by atoms with Gasteiger partial charge in [-0.25, -0.2) is 0 Å². The lowest BCUT2D eigenvalue weighted by Gasteiger charge is -2.19. The lowest BCUT2D eigenvalue weighted by atomic mass is 10.2. The van der Waals surface area contributed by atoms with E-state index in [0.717, 1.165) is 12.3 Å². The Bertz CT molecular complexity index is 340. The summed E-state index contributed by atoms with van der Waals surface area (Å²) in [6.45, 7) is 13.4. The number of hydrogen-bond acceptors (Lipinski definition) is 5. The Hall–Kier alpha value is 0.220. The molecule has 116 valence electrons. The summed E-state index contributed by atoms with van der Waals surface area (Å²) in [7, 11) is -3.40. The van der Waals surface area contributed by atoms with Crippen molar-refractivity contribution in [1.82, 2.24) is 5.32 Å². The molecule has 6 heteroatoms. The average molecular weight is 312 g/mol. The summed E-state index contributed by atoms with van der Waals surface area (Å²) in [5.74, 6) is 1.11. The predicted octanol–water partition coefficient (Wildman–Crippen LogP) is 2.64. The molecule has 0 amide bonds. The van der Waals surface area contributed by atoms with Gasteiger partial charge in [-0.1, -0.05) is 20.8 Å². The van der Waals surface area contributed by atoms with Crippen LogP contribution in [0.5, 0.6) is 0 Å². The summed E-state index contributed by atoms with van der Waals surface area (Å²) in [4.78, 5) is 0. The van der Waals surface area contributed by atoms with E-state index >= 15 is 0 Å². The van der Waals surface area contributed by atoms with E-state index in [9.17, 15) is 8.42 Å². The van der Waals surface area contributed by atoms with Crippen LogP contribution in [0.2, 0.25) is 0 Å². The first-order valence-electron chi connectivity index (χ1n) is 6.69. The molecule has 0 saturated heterocycles. The minimum Gasteiger partial charge on any atom is -0.316 e. The molecule has 0 aromatic heterocycles. The Kier molecular flexibility index (Phi) is 7.95. The highest BCUT2D eigenvalue weighted by molar-refractivity contribution is 8.00. The fourth-order valence-electron chi connectivity index (χ4n) is 1.35. The fourth-order valence-corrected chi connectivity index (χ4v) is 3.55. The first-order valence-corrected chi connectivity index (χ1v) is 9.26. The van der Waals surface area contributed by atoms with Crippen LogP contribution >= 0.6 is 11.8 Å². The number of thioether (sulfide) groups is 1. The van der Waals surface area contributed by atoms with E-state index in [1.54, 1.807) is 20.8 Å². The highest BCUT2D eigenvalue weighted by atomic mass is 32.2. The van der Waals surface area contributed by atoms with Crippen molar-refractivity contribution in [3.63, 3.8) is 0 Å². The second-order valence-corrected chi connectivity index (χ2v) is 10.1. The minimum absolute atomic E-state index is 0.0731. The maximum atomic E-state index is 11.6. The van der Waals surface area contributed by atoms with Crippen molar-refractivity contribution < 1.29 is 12.6 Å². The van der Waals surface area contributed by atoms with Gasteiger partial charge in [0.1, 0.15) is 0 Å². The molecule has 0 atom stereocenters. The molecule has 0 bridgehead atoms. The van der Waals surface area contributed by atoms with E-state index in [1.165, 1.54) is 0 Å². The lowest BCUT2D eigenvalue weighted by Crippen LogP contribution is -2.27. The molecule has 0 aliphatic heterocycles. The smallest absolute Gasteiger partial charge is 0.267 e. The van der Waals surface area contributed by atoms with E-state index in [-0.39, 0.29) is 10.5 Å². The van der Waals surface area contributed by atoms with Gasteiger partial charge >= 0.3 is 0 Å². The maximum absolute atomic E-state index is 11.6. The SMILES string of the molecule is CC(C)(C)OS(=O)(=O)CCCNCCSC(C)(C)C. The molecule has 0 heterocycles. The zero-order valence-electron chi connectivity index (χ0n) is 13.1. The molecule has 19 heavy (non-hydrogen) atoms. The van der Waals surface area contributed by atoms with Crippen molar-refractivity contribution >= 4 is 21.9 Å². The van der Waals surface area contributed by atoms with Crippen molar-refractivity contribution in [2.24, 2.45) is 0 Å². The van der Waals surface area contributed by atoms with Crippen LogP contribution < -0.4 is 5.32 Å². The van der Waals surface area contributed by atoms with Gasteiger partial charge in [0.15, 0.2) is 0 Å². The van der Waals surface area contributed by atoms with Crippen LogP contribution in [-0.2, 0) is 14.3 Å². The summed E-state index contributed by atoms with van der Waals surface area (Å²) in [5, 5.41) is 3.25. The fraction of sp³-hybridized carbons (Fsp3) is 1.00. The van der Waals surface area contributed by atoms with E-state index < -0.39 is 15.7 Å². The van der Waals surface area contributed by atoms with Crippen molar-refractivity contribution in [1.29, 1.82) is 0 Å². The second kappa shape index (κ2) is 7.86. The van der Waals surface area contributed by atoms with Crippen molar-refractivity contribution in [2.45, 2.75) is 58.3 Å². The molecule has 0 aliphatic rings. The summed E-state index contributed by atoms with van der Waals surface area (Å²) < 4.78 is 28.5. The Morgan fingerprint density at radius 1 is 1.05 bits per heavy atom. The Morgan fingerprint density at radius 3 is 2.11 bits per heavy atom. The van der Waals surface area contributed by atoms with E-state index in [1.807, 2.05) is 11.8 Å². The van der Waals surface area contributed by atoms with Crippen molar-refractivity contribution in [2.75, 3.05) is 24.6 Å². The van der Waals surface area contributed by atoms with Gasteiger partial charge in [-0.3, -0.25) is 4.18 Å². The third-order valence-electron chi connectivity index (χ3n) is 1.94. The molecule has 0 unspecified atom stereocenters. The van der Waals surface area contributed by atoms with Crippen LogP contribution in [0.4, 0.5) is 0 Å². The molecule has 0 aromatic rings. The van der Waals surface area contributed by atoms with Crippen LogP contribution in [0.1, 0.15) is 48.0 Å². The highest BCUT2D eigenvalue weighted by Crippen LogP contribution is 2.21. The lowest BCUT2D eigenvalue weighted by molar-refractivity contribution is 0.139. The maximum Gasteiger partial charge on any atom is 0.267 e. The average Bonchev–Trinajstić information content (AvgIpc) is 2.10. The van der Waals surface area contributed by atoms with Gasteiger partial charge in [0.05, 0.1) is 11.4 Å². The summed E-state index contributed by atoms with van der Waals surface area (Å²) >= 11 is 1.90. The third-order valence-corrected chi connectivity index (χ3v) is 4.76. The van der Waals surface area contributed by atoms with Crippen LogP contribution in [-0.4, -0.2) is 43.4 Å². The quantitative estimate of drug-likeness (QED) is 0.552.